The van der Waals surface area contributed by atoms with Gasteiger partial charge < -0.3 is 26.4 Å². The van der Waals surface area contributed by atoms with Crippen LogP contribution >= 0.6 is 0 Å². The number of nitrogens with one attached hydrogen (secondary N) is 2. The molecule has 32 heavy (non-hydrogen) atoms. The standard InChI is InChI=1S/C24H40N4O4/c1-7-16(6)21(24(32)28(8-2)9-3)27-22(30)19(26-23(31)20(25)15(4)5)14-17-10-12-18(29)13-11-17/h10-13,15-16,19-21,29H,7-9,14,25H2,1-6H3,(H,26,31)(H,27,30)/t16-,19-,20-,21-/m0/s1. The van der Waals surface area contributed by atoms with Crippen molar-refractivity contribution in [2.45, 2.75) is 72.5 Å². The van der Waals surface area contributed by atoms with Gasteiger partial charge in [-0.15, -0.1) is 0 Å². The lowest BCUT2D eigenvalue weighted by Gasteiger charge is -2.31. The highest BCUT2D eigenvalue weighted by molar-refractivity contribution is 5.93. The van der Waals surface area contributed by atoms with E-state index in [0.29, 0.717) is 19.5 Å². The summed E-state index contributed by atoms with van der Waals surface area (Å²) in [5.74, 6) is -1.05. The third kappa shape index (κ3) is 7.82. The second-order valence-electron chi connectivity index (χ2n) is 8.58. The molecule has 0 bridgehead atoms. The Balaban J connectivity index is 3.15. The van der Waals surface area contributed by atoms with Crippen molar-refractivity contribution < 1.29 is 19.5 Å². The molecule has 8 heteroatoms. The van der Waals surface area contributed by atoms with Crippen LogP contribution in [-0.4, -0.2) is 58.9 Å². The second-order valence-corrected chi connectivity index (χ2v) is 8.58. The van der Waals surface area contributed by atoms with Gasteiger partial charge in [-0.25, -0.2) is 0 Å². The Morgan fingerprint density at radius 3 is 2.00 bits per heavy atom. The predicted molar refractivity (Wildman–Crippen MR) is 126 cm³/mol. The molecule has 0 spiro atoms. The first-order valence-electron chi connectivity index (χ1n) is 11.5. The second kappa shape index (κ2) is 13.1. The zero-order chi connectivity index (χ0) is 24.4. The van der Waals surface area contributed by atoms with Gasteiger partial charge in [0.15, 0.2) is 0 Å². The van der Waals surface area contributed by atoms with Crippen molar-refractivity contribution in [3.63, 3.8) is 0 Å². The topological polar surface area (TPSA) is 125 Å². The van der Waals surface area contributed by atoms with E-state index in [9.17, 15) is 19.5 Å². The van der Waals surface area contributed by atoms with Crippen LogP contribution in [0.1, 0.15) is 53.5 Å². The lowest BCUT2D eigenvalue weighted by molar-refractivity contribution is -0.138. The average Bonchev–Trinajstić information content (AvgIpc) is 2.77. The van der Waals surface area contributed by atoms with Crippen LogP contribution in [0.15, 0.2) is 24.3 Å². The summed E-state index contributed by atoms with van der Waals surface area (Å²) in [5, 5.41) is 15.2. The third-order valence-electron chi connectivity index (χ3n) is 5.88. The van der Waals surface area contributed by atoms with E-state index in [1.165, 1.54) is 12.1 Å². The van der Waals surface area contributed by atoms with Crippen LogP contribution in [0, 0.1) is 11.8 Å². The maximum absolute atomic E-state index is 13.3. The van der Waals surface area contributed by atoms with Crippen LogP contribution in [0.3, 0.4) is 0 Å². The highest BCUT2D eigenvalue weighted by Gasteiger charge is 2.32. The number of carbonyl (C=O) groups is 3. The van der Waals surface area contributed by atoms with Crippen molar-refractivity contribution in [2.75, 3.05) is 13.1 Å². The Labute approximate surface area is 191 Å². The molecule has 0 aromatic heterocycles. The van der Waals surface area contributed by atoms with Crippen LogP contribution in [0.4, 0.5) is 0 Å². The number of aromatic hydroxyl groups is 1. The van der Waals surface area contributed by atoms with Crippen LogP contribution in [0.2, 0.25) is 0 Å². The molecule has 1 rings (SSSR count). The number of amides is 3. The number of phenols is 1. The Bertz CT molecular complexity index is 747. The SMILES string of the molecule is CC[C@H](C)[C@H](NC(=O)[C@H](Cc1ccc(O)cc1)NC(=O)[C@@H](N)C(C)C)C(=O)N(CC)CC. The average molecular weight is 449 g/mol. The molecule has 0 aliphatic carbocycles. The number of rotatable bonds is 12. The summed E-state index contributed by atoms with van der Waals surface area (Å²) in [6.45, 7) is 12.5. The molecule has 180 valence electrons. The van der Waals surface area contributed by atoms with Crippen LogP contribution in [-0.2, 0) is 20.8 Å². The number of nitrogens with zero attached hydrogens (tertiary/aromatic N) is 1. The van der Waals surface area contributed by atoms with E-state index in [-0.39, 0.29) is 29.9 Å². The number of benzene rings is 1. The molecule has 0 aliphatic heterocycles. The van der Waals surface area contributed by atoms with E-state index in [2.05, 4.69) is 10.6 Å². The molecule has 3 amide bonds. The van der Waals surface area contributed by atoms with E-state index >= 15 is 0 Å². The van der Waals surface area contributed by atoms with E-state index in [4.69, 9.17) is 5.73 Å². The van der Waals surface area contributed by atoms with Gasteiger partial charge in [-0.1, -0.05) is 46.2 Å². The first-order chi connectivity index (χ1) is 15.0. The number of hydrogen-bond acceptors (Lipinski definition) is 5. The van der Waals surface area contributed by atoms with Gasteiger partial charge in [0.25, 0.3) is 0 Å². The summed E-state index contributed by atoms with van der Waals surface area (Å²) in [4.78, 5) is 40.7. The molecular formula is C24H40N4O4. The minimum absolute atomic E-state index is 0.0741. The smallest absolute Gasteiger partial charge is 0.245 e. The first kappa shape index (κ1) is 27.4. The van der Waals surface area contributed by atoms with Crippen molar-refractivity contribution in [1.82, 2.24) is 15.5 Å². The Morgan fingerprint density at radius 2 is 1.53 bits per heavy atom. The Kier molecular flexibility index (Phi) is 11.2. The molecule has 0 heterocycles. The summed E-state index contributed by atoms with van der Waals surface area (Å²) in [6.07, 6.45) is 0.917. The van der Waals surface area contributed by atoms with Gasteiger partial charge in [-0.2, -0.15) is 0 Å². The number of nitrogens with two attached hydrogens (primary N) is 1. The summed E-state index contributed by atoms with van der Waals surface area (Å²) in [7, 11) is 0. The van der Waals surface area contributed by atoms with Crippen molar-refractivity contribution >= 4 is 17.7 Å². The van der Waals surface area contributed by atoms with Gasteiger partial charge in [0.05, 0.1) is 6.04 Å². The lowest BCUT2D eigenvalue weighted by atomic mass is 9.96. The highest BCUT2D eigenvalue weighted by atomic mass is 16.3. The fraction of sp³-hybridized carbons (Fsp3) is 0.625. The van der Waals surface area contributed by atoms with Gasteiger partial charge in [-0.05, 0) is 43.4 Å². The number of carbonyl (C=O) groups excluding carboxylic acids is 3. The molecule has 5 N–H and O–H groups in total. The van der Waals surface area contributed by atoms with E-state index in [1.807, 2.05) is 41.5 Å². The minimum Gasteiger partial charge on any atom is -0.508 e. The predicted octanol–water partition coefficient (Wildman–Crippen LogP) is 1.80. The van der Waals surface area contributed by atoms with Crippen LogP contribution < -0.4 is 16.4 Å². The van der Waals surface area contributed by atoms with E-state index in [1.54, 1.807) is 17.0 Å². The van der Waals surface area contributed by atoms with Crippen molar-refractivity contribution in [1.29, 1.82) is 0 Å². The maximum atomic E-state index is 13.3. The minimum atomic E-state index is -0.909. The highest BCUT2D eigenvalue weighted by Crippen LogP contribution is 2.14. The quantitative estimate of drug-likeness (QED) is 0.388. The zero-order valence-electron chi connectivity index (χ0n) is 20.2. The molecule has 0 saturated heterocycles. The van der Waals surface area contributed by atoms with Crippen molar-refractivity contribution in [2.24, 2.45) is 17.6 Å². The molecular weight excluding hydrogens is 408 g/mol. The summed E-state index contributed by atoms with van der Waals surface area (Å²) in [5.41, 5.74) is 6.74. The summed E-state index contributed by atoms with van der Waals surface area (Å²) < 4.78 is 0. The van der Waals surface area contributed by atoms with Gasteiger partial charge in [-0.3, -0.25) is 14.4 Å². The molecule has 0 unspecified atom stereocenters. The number of hydrogen-bond donors (Lipinski definition) is 4. The fourth-order valence-corrected chi connectivity index (χ4v) is 3.32. The van der Waals surface area contributed by atoms with Crippen LogP contribution in [0.5, 0.6) is 5.75 Å². The summed E-state index contributed by atoms with van der Waals surface area (Å²) in [6, 6.07) is 4.08. The molecule has 0 saturated carbocycles. The molecule has 0 radical (unpaired) electrons. The van der Waals surface area contributed by atoms with Gasteiger partial charge in [0, 0.05) is 19.5 Å². The fourth-order valence-electron chi connectivity index (χ4n) is 3.32. The number of likely N-dealkylation sites (N-methyl/N-ethyl adjacent to an activating group) is 1. The van der Waals surface area contributed by atoms with E-state index in [0.717, 1.165) is 5.56 Å². The molecule has 4 atom stereocenters. The van der Waals surface area contributed by atoms with Gasteiger partial charge >= 0.3 is 0 Å². The lowest BCUT2D eigenvalue weighted by Crippen LogP contribution is -2.58. The normalized spacial score (nSPS) is 14.9. The first-order valence-corrected chi connectivity index (χ1v) is 11.5. The molecule has 1 aromatic rings. The van der Waals surface area contributed by atoms with Gasteiger partial charge in [0.1, 0.15) is 17.8 Å². The molecule has 0 aliphatic rings. The largest absolute Gasteiger partial charge is 0.508 e. The zero-order valence-corrected chi connectivity index (χ0v) is 20.2. The maximum Gasteiger partial charge on any atom is 0.245 e. The van der Waals surface area contributed by atoms with Crippen molar-refractivity contribution in [3.8, 4) is 5.75 Å². The van der Waals surface area contributed by atoms with Crippen LogP contribution in [0.25, 0.3) is 0 Å². The third-order valence-corrected chi connectivity index (χ3v) is 5.88. The number of phenolic OH excluding ortho intramolecular Hbond substituents is 1. The Morgan fingerprint density at radius 1 is 0.969 bits per heavy atom. The van der Waals surface area contributed by atoms with Crippen molar-refractivity contribution in [3.05, 3.63) is 29.8 Å². The molecule has 0 fully saturated rings. The Hall–Kier alpha value is -2.61. The molecule has 8 nitrogen and oxygen atoms in total. The van der Waals surface area contributed by atoms with E-state index < -0.39 is 29.9 Å². The summed E-state index contributed by atoms with van der Waals surface area (Å²) >= 11 is 0. The molecule has 1 aromatic carbocycles. The van der Waals surface area contributed by atoms with Gasteiger partial charge in [0.2, 0.25) is 17.7 Å². The monoisotopic (exact) mass is 448 g/mol.